The summed E-state index contributed by atoms with van der Waals surface area (Å²) in [5, 5.41) is 3.22. The van der Waals surface area contributed by atoms with Crippen molar-refractivity contribution in [3.63, 3.8) is 0 Å². The van der Waals surface area contributed by atoms with Crippen molar-refractivity contribution in [2.45, 2.75) is 38.2 Å². The minimum absolute atomic E-state index is 0.101. The number of rotatable bonds is 3. The van der Waals surface area contributed by atoms with Crippen LogP contribution < -0.4 is 5.43 Å². The van der Waals surface area contributed by atoms with Gasteiger partial charge in [0.05, 0.1) is 0 Å². The lowest BCUT2D eigenvalue weighted by Gasteiger charge is -2.32. The second kappa shape index (κ2) is 3.82. The summed E-state index contributed by atoms with van der Waals surface area (Å²) in [5.41, 5.74) is 2.20. The molecule has 1 N–H and O–H groups in total. The zero-order valence-corrected chi connectivity index (χ0v) is 7.85. The van der Waals surface area contributed by atoms with Crippen LogP contribution >= 0.6 is 0 Å². The summed E-state index contributed by atoms with van der Waals surface area (Å²) < 4.78 is 61.8. The van der Waals surface area contributed by atoms with Crippen LogP contribution in [0.25, 0.3) is 0 Å². The molecule has 1 atom stereocenters. The maximum Gasteiger partial charge on any atom is 0.475 e. The lowest BCUT2D eigenvalue weighted by atomic mass is 10.2. The Bertz CT molecular complexity index is 250. The molecule has 0 amide bonds. The Hall–Kier alpha value is -1.08. The van der Waals surface area contributed by atoms with Gasteiger partial charge in [0.2, 0.25) is 0 Å². The maximum absolute atomic E-state index is 12.9. The van der Waals surface area contributed by atoms with Gasteiger partial charge in [-0.3, -0.25) is 10.3 Å². The van der Waals surface area contributed by atoms with Gasteiger partial charge in [0.1, 0.15) is 12.5 Å². The zero-order chi connectivity index (χ0) is 11.7. The largest absolute Gasteiger partial charge is 0.475 e. The van der Waals surface area contributed by atoms with Gasteiger partial charge >= 0.3 is 12.2 Å². The van der Waals surface area contributed by atoms with Gasteiger partial charge in [0.25, 0.3) is 0 Å². The SMILES string of the molecule is CCCC1NN=CN1C(F)(F)C(F)(F)F. The Labute approximate surface area is 82.9 Å². The monoisotopic (exact) mass is 231 g/mol. The van der Waals surface area contributed by atoms with Gasteiger partial charge in [-0.2, -0.15) is 27.1 Å². The number of nitrogens with zero attached hydrogens (tertiary/aromatic N) is 2. The molecule has 1 aliphatic heterocycles. The Kier molecular flexibility index (Phi) is 3.05. The first-order valence-electron chi connectivity index (χ1n) is 4.32. The number of alkyl halides is 5. The molecule has 0 spiro atoms. The van der Waals surface area contributed by atoms with Crippen LogP contribution in [0.5, 0.6) is 0 Å². The molecule has 0 aliphatic carbocycles. The minimum Gasteiger partial charge on any atom is -0.286 e. The van der Waals surface area contributed by atoms with Gasteiger partial charge in [-0.15, -0.1) is 0 Å². The highest BCUT2D eigenvalue weighted by Gasteiger charge is 2.63. The van der Waals surface area contributed by atoms with E-state index in [0.717, 1.165) is 0 Å². The van der Waals surface area contributed by atoms with Crippen LogP contribution in [-0.2, 0) is 0 Å². The number of nitrogens with one attached hydrogen (secondary N) is 1. The van der Waals surface area contributed by atoms with E-state index in [2.05, 4.69) is 10.5 Å². The van der Waals surface area contributed by atoms with Gasteiger partial charge in [-0.05, 0) is 6.42 Å². The van der Waals surface area contributed by atoms with E-state index < -0.39 is 18.4 Å². The van der Waals surface area contributed by atoms with Crippen molar-refractivity contribution in [1.29, 1.82) is 0 Å². The van der Waals surface area contributed by atoms with E-state index in [1.165, 1.54) is 0 Å². The van der Waals surface area contributed by atoms with Crippen molar-refractivity contribution in [2.24, 2.45) is 5.10 Å². The molecule has 1 unspecified atom stereocenters. The van der Waals surface area contributed by atoms with E-state index in [0.29, 0.717) is 12.8 Å². The highest BCUT2D eigenvalue weighted by molar-refractivity contribution is 5.58. The van der Waals surface area contributed by atoms with Crippen LogP contribution in [0.3, 0.4) is 0 Å². The molecule has 3 nitrogen and oxygen atoms in total. The van der Waals surface area contributed by atoms with Gasteiger partial charge in [-0.25, -0.2) is 0 Å². The normalized spacial score (nSPS) is 22.0. The fourth-order valence-electron chi connectivity index (χ4n) is 1.22. The molecule has 15 heavy (non-hydrogen) atoms. The summed E-state index contributed by atoms with van der Waals surface area (Å²) in [6, 6.07) is -4.89. The topological polar surface area (TPSA) is 27.6 Å². The van der Waals surface area contributed by atoms with Gasteiger partial charge in [0, 0.05) is 0 Å². The lowest BCUT2D eigenvalue weighted by molar-refractivity contribution is -0.330. The van der Waals surface area contributed by atoms with Crippen molar-refractivity contribution >= 4 is 6.34 Å². The fourth-order valence-corrected chi connectivity index (χ4v) is 1.22. The first-order valence-corrected chi connectivity index (χ1v) is 4.32. The average Bonchev–Trinajstić information content (AvgIpc) is 2.51. The average molecular weight is 231 g/mol. The molecule has 1 heterocycles. The second-order valence-electron chi connectivity index (χ2n) is 3.12. The summed E-state index contributed by atoms with van der Waals surface area (Å²) in [6.45, 7) is 1.68. The lowest BCUT2D eigenvalue weighted by Crippen LogP contribution is -2.56. The Balaban J connectivity index is 2.81. The summed E-state index contributed by atoms with van der Waals surface area (Å²) in [7, 11) is 0. The number of hydrogen-bond acceptors (Lipinski definition) is 3. The van der Waals surface area contributed by atoms with Gasteiger partial charge in [-0.1, -0.05) is 13.3 Å². The highest BCUT2D eigenvalue weighted by atomic mass is 19.4. The molecule has 1 rings (SSSR count). The third-order valence-electron chi connectivity index (χ3n) is 1.97. The van der Waals surface area contributed by atoms with Crippen LogP contribution in [0.15, 0.2) is 5.10 Å². The molecule has 0 saturated heterocycles. The quantitative estimate of drug-likeness (QED) is 0.595. The first kappa shape index (κ1) is 12.0. The molecule has 0 aromatic carbocycles. The number of hydrogen-bond donors (Lipinski definition) is 1. The zero-order valence-electron chi connectivity index (χ0n) is 7.85. The molecule has 0 aromatic rings. The summed E-state index contributed by atoms with van der Waals surface area (Å²) in [5.74, 6) is 0. The molecule has 0 fully saturated rings. The summed E-state index contributed by atoms with van der Waals surface area (Å²) in [4.78, 5) is -0.101. The van der Waals surface area contributed by atoms with Crippen LogP contribution in [0.1, 0.15) is 19.8 Å². The molecule has 0 radical (unpaired) electrons. The standard InChI is InChI=1S/C7H10F5N3/c1-2-3-5-14-13-4-15(5)7(11,12)6(8,9)10/h4-5,14H,2-3H2,1H3. The predicted molar refractivity (Wildman–Crippen MR) is 43.2 cm³/mol. The molecule has 1 aliphatic rings. The van der Waals surface area contributed by atoms with Gasteiger partial charge in [0.15, 0.2) is 0 Å². The Morgan fingerprint density at radius 3 is 2.40 bits per heavy atom. The molecule has 0 aromatic heterocycles. The van der Waals surface area contributed by atoms with E-state index in [1.54, 1.807) is 6.92 Å². The van der Waals surface area contributed by atoms with E-state index >= 15 is 0 Å². The van der Waals surface area contributed by atoms with Crippen LogP contribution in [0.2, 0.25) is 0 Å². The van der Waals surface area contributed by atoms with Crippen molar-refractivity contribution in [2.75, 3.05) is 0 Å². The molecule has 8 heteroatoms. The van der Waals surface area contributed by atoms with E-state index in [-0.39, 0.29) is 11.3 Å². The molecule has 0 bridgehead atoms. The fraction of sp³-hybridized carbons (Fsp3) is 0.857. The van der Waals surface area contributed by atoms with E-state index in [9.17, 15) is 22.0 Å². The summed E-state index contributed by atoms with van der Waals surface area (Å²) >= 11 is 0. The predicted octanol–water partition coefficient (Wildman–Crippen LogP) is 2.12. The van der Waals surface area contributed by atoms with Crippen LogP contribution in [0.4, 0.5) is 22.0 Å². The number of halogens is 5. The Morgan fingerprint density at radius 1 is 1.33 bits per heavy atom. The molecular formula is C7H10F5N3. The molecule has 88 valence electrons. The van der Waals surface area contributed by atoms with Crippen LogP contribution in [0, 0.1) is 0 Å². The highest BCUT2D eigenvalue weighted by Crippen LogP contribution is 2.39. The number of hydrazone groups is 1. The van der Waals surface area contributed by atoms with Crippen LogP contribution in [-0.4, -0.2) is 29.6 Å². The third kappa shape index (κ3) is 2.13. The van der Waals surface area contributed by atoms with Gasteiger partial charge < -0.3 is 0 Å². The molecule has 0 saturated carbocycles. The third-order valence-corrected chi connectivity index (χ3v) is 1.97. The van der Waals surface area contributed by atoms with Crippen molar-refractivity contribution in [3.8, 4) is 0 Å². The van der Waals surface area contributed by atoms with E-state index in [1.807, 2.05) is 0 Å². The summed E-state index contributed by atoms with van der Waals surface area (Å²) in [6.07, 6.45) is -5.59. The molecular weight excluding hydrogens is 221 g/mol. The second-order valence-corrected chi connectivity index (χ2v) is 3.12. The minimum atomic E-state index is -5.60. The maximum atomic E-state index is 12.9. The van der Waals surface area contributed by atoms with Crippen molar-refractivity contribution < 1.29 is 22.0 Å². The first-order chi connectivity index (χ1) is 6.80. The van der Waals surface area contributed by atoms with Crippen molar-refractivity contribution in [1.82, 2.24) is 10.3 Å². The van der Waals surface area contributed by atoms with E-state index in [4.69, 9.17) is 0 Å². The van der Waals surface area contributed by atoms with Crippen molar-refractivity contribution in [3.05, 3.63) is 0 Å². The Morgan fingerprint density at radius 2 is 1.93 bits per heavy atom. The smallest absolute Gasteiger partial charge is 0.286 e.